The molecule has 0 radical (unpaired) electrons. The van der Waals surface area contributed by atoms with Crippen molar-refractivity contribution >= 4 is 23.4 Å². The lowest BCUT2D eigenvalue weighted by Gasteiger charge is -2.40. The van der Waals surface area contributed by atoms with Gasteiger partial charge in [0.25, 0.3) is 11.8 Å². The van der Waals surface area contributed by atoms with Gasteiger partial charge in [-0.15, -0.1) is 0 Å². The third kappa shape index (κ3) is 3.60. The third-order valence-corrected chi connectivity index (χ3v) is 6.58. The molecule has 2 aliphatic rings. The van der Waals surface area contributed by atoms with Crippen molar-refractivity contribution in [3.05, 3.63) is 77.1 Å². The number of carbonyl (C=O) groups excluding carboxylic acids is 3. The number of aromatic nitrogens is 1. The molecule has 3 amide bonds. The highest BCUT2D eigenvalue weighted by Gasteiger charge is 2.49. The first-order valence-electron chi connectivity index (χ1n) is 11.3. The molecule has 1 N–H and O–H groups in total. The smallest absolute Gasteiger partial charge is 0.264 e. The molecule has 1 aromatic heterocycles. The van der Waals surface area contributed by atoms with Crippen LogP contribution >= 0.6 is 0 Å². The number of aryl methyl sites for hydroxylation is 1. The summed E-state index contributed by atoms with van der Waals surface area (Å²) < 4.78 is 12.9. The largest absolute Gasteiger partial charge is 0.493 e. The van der Waals surface area contributed by atoms with Crippen molar-refractivity contribution < 1.29 is 23.9 Å². The highest BCUT2D eigenvalue weighted by atomic mass is 16.5. The molecule has 0 saturated heterocycles. The van der Waals surface area contributed by atoms with Crippen molar-refractivity contribution in [2.75, 3.05) is 25.7 Å². The first-order chi connectivity index (χ1) is 17.0. The van der Waals surface area contributed by atoms with Gasteiger partial charge >= 0.3 is 0 Å². The lowest BCUT2D eigenvalue weighted by atomic mass is 10.0. The molecule has 0 spiro atoms. The van der Waals surface area contributed by atoms with E-state index in [1.54, 1.807) is 46.2 Å². The molecule has 5 rings (SSSR count). The van der Waals surface area contributed by atoms with E-state index in [2.05, 4.69) is 5.32 Å². The predicted molar refractivity (Wildman–Crippen MR) is 128 cm³/mol. The number of fused-ring (bicyclic) bond motifs is 5. The molecule has 3 aromatic rings. The number of rotatable bonds is 7. The van der Waals surface area contributed by atoms with Gasteiger partial charge in [0.1, 0.15) is 6.17 Å². The van der Waals surface area contributed by atoms with Crippen LogP contribution in [0.3, 0.4) is 0 Å². The van der Waals surface area contributed by atoms with Crippen LogP contribution in [-0.4, -0.2) is 48.0 Å². The van der Waals surface area contributed by atoms with Crippen molar-refractivity contribution in [3.63, 3.8) is 0 Å². The maximum atomic E-state index is 13.7. The number of hydrogen-bond acceptors (Lipinski definition) is 5. The Bertz CT molecular complexity index is 1330. The summed E-state index contributed by atoms with van der Waals surface area (Å²) in [6.07, 6.45) is 1.33. The maximum absolute atomic E-state index is 13.7. The summed E-state index contributed by atoms with van der Waals surface area (Å²) in [5.41, 5.74) is 2.93. The van der Waals surface area contributed by atoms with E-state index in [0.717, 1.165) is 5.69 Å². The Labute approximate surface area is 202 Å². The Morgan fingerprint density at radius 1 is 1.00 bits per heavy atom. The van der Waals surface area contributed by atoms with E-state index >= 15 is 0 Å². The second-order valence-corrected chi connectivity index (χ2v) is 8.47. The summed E-state index contributed by atoms with van der Waals surface area (Å²) >= 11 is 0. The number of benzene rings is 2. The van der Waals surface area contributed by atoms with Crippen LogP contribution in [0.4, 0.5) is 5.69 Å². The standard InChI is InChI=1S/C26H26N4O5/c1-28-13-6-7-16(28)15-27-21(31)12-14-29-24-18-10-11-20(34-2)23(35-3)22(18)26(33)30(24)19-9-5-4-8-17(19)25(29)32/h4-11,13,24H,12,14-15H2,1-3H3,(H,27,31). The van der Waals surface area contributed by atoms with Crippen LogP contribution in [-0.2, 0) is 18.4 Å². The molecule has 0 fully saturated rings. The maximum Gasteiger partial charge on any atom is 0.264 e. The number of carbonyl (C=O) groups is 3. The van der Waals surface area contributed by atoms with E-state index in [1.807, 2.05) is 29.9 Å². The van der Waals surface area contributed by atoms with E-state index in [0.29, 0.717) is 40.4 Å². The molecule has 0 saturated carbocycles. The highest BCUT2D eigenvalue weighted by Crippen LogP contribution is 2.49. The number of nitrogens with one attached hydrogen (secondary N) is 1. The van der Waals surface area contributed by atoms with Gasteiger partial charge in [0.05, 0.1) is 37.6 Å². The number of para-hydroxylation sites is 1. The van der Waals surface area contributed by atoms with Gasteiger partial charge < -0.3 is 24.3 Å². The predicted octanol–water partition coefficient (Wildman–Crippen LogP) is 2.86. The van der Waals surface area contributed by atoms with Gasteiger partial charge in [0.15, 0.2) is 11.5 Å². The normalized spacial score (nSPS) is 16.0. The second-order valence-electron chi connectivity index (χ2n) is 8.47. The van der Waals surface area contributed by atoms with Crippen molar-refractivity contribution in [1.82, 2.24) is 14.8 Å². The fourth-order valence-electron chi connectivity index (χ4n) is 4.83. The molecule has 1 unspecified atom stereocenters. The van der Waals surface area contributed by atoms with Gasteiger partial charge in [-0.1, -0.05) is 18.2 Å². The van der Waals surface area contributed by atoms with Crippen molar-refractivity contribution in [3.8, 4) is 11.5 Å². The van der Waals surface area contributed by atoms with E-state index in [9.17, 15) is 14.4 Å². The first-order valence-corrected chi connectivity index (χ1v) is 11.3. The summed E-state index contributed by atoms with van der Waals surface area (Å²) in [6.45, 7) is 0.543. The fraction of sp³-hybridized carbons (Fsp3) is 0.269. The fourth-order valence-corrected chi connectivity index (χ4v) is 4.83. The Balaban J connectivity index is 1.47. The average Bonchev–Trinajstić information content (AvgIpc) is 3.42. The zero-order valence-corrected chi connectivity index (χ0v) is 19.8. The Morgan fingerprint density at radius 3 is 2.51 bits per heavy atom. The van der Waals surface area contributed by atoms with Gasteiger partial charge in [-0.05, 0) is 30.3 Å². The van der Waals surface area contributed by atoms with Crippen molar-refractivity contribution in [2.45, 2.75) is 19.1 Å². The lowest BCUT2D eigenvalue weighted by Crippen LogP contribution is -2.49. The zero-order valence-electron chi connectivity index (χ0n) is 19.8. The molecule has 9 nitrogen and oxygen atoms in total. The molecule has 0 aliphatic carbocycles. The summed E-state index contributed by atoms with van der Waals surface area (Å²) in [4.78, 5) is 43.1. The minimum Gasteiger partial charge on any atom is -0.493 e. The quantitative estimate of drug-likeness (QED) is 0.569. The molecule has 180 valence electrons. The van der Waals surface area contributed by atoms with E-state index < -0.39 is 6.17 Å². The summed E-state index contributed by atoms with van der Waals surface area (Å²) in [5.74, 6) is 0.0768. The molecule has 9 heteroatoms. The average molecular weight is 475 g/mol. The SMILES string of the molecule is COc1ccc2c(c1OC)C(=O)N1c3ccccc3C(=O)N(CCC(=O)NCc3cccn3C)C21. The summed E-state index contributed by atoms with van der Waals surface area (Å²) in [6, 6.07) is 14.4. The van der Waals surface area contributed by atoms with Crippen LogP contribution in [0, 0.1) is 0 Å². The molecule has 0 bridgehead atoms. The number of methoxy groups -OCH3 is 2. The number of nitrogens with zero attached hydrogens (tertiary/aromatic N) is 3. The molecular formula is C26H26N4O5. The highest BCUT2D eigenvalue weighted by molar-refractivity contribution is 6.18. The van der Waals surface area contributed by atoms with Crippen LogP contribution in [0.25, 0.3) is 0 Å². The number of ether oxygens (including phenoxy) is 2. The Morgan fingerprint density at radius 2 is 1.80 bits per heavy atom. The van der Waals surface area contributed by atoms with Gasteiger partial charge in [-0.2, -0.15) is 0 Å². The molecule has 3 heterocycles. The van der Waals surface area contributed by atoms with Gasteiger partial charge in [0.2, 0.25) is 5.91 Å². The van der Waals surface area contributed by atoms with E-state index in [1.165, 1.54) is 14.2 Å². The topological polar surface area (TPSA) is 93.1 Å². The van der Waals surface area contributed by atoms with Gasteiger partial charge in [-0.3, -0.25) is 19.3 Å². The van der Waals surface area contributed by atoms with Crippen LogP contribution in [0.1, 0.15) is 44.6 Å². The van der Waals surface area contributed by atoms with Crippen LogP contribution in [0.2, 0.25) is 0 Å². The summed E-state index contributed by atoms with van der Waals surface area (Å²) in [7, 11) is 4.91. The molecule has 1 atom stereocenters. The van der Waals surface area contributed by atoms with E-state index in [-0.39, 0.29) is 30.7 Å². The number of hydrogen-bond donors (Lipinski definition) is 1. The Kier molecular flexibility index (Phi) is 5.68. The van der Waals surface area contributed by atoms with E-state index in [4.69, 9.17) is 9.47 Å². The monoisotopic (exact) mass is 474 g/mol. The van der Waals surface area contributed by atoms with Crippen molar-refractivity contribution in [1.29, 1.82) is 0 Å². The zero-order chi connectivity index (χ0) is 24.7. The van der Waals surface area contributed by atoms with Gasteiger partial charge in [-0.25, -0.2) is 0 Å². The second kappa shape index (κ2) is 8.83. The van der Waals surface area contributed by atoms with Crippen LogP contribution < -0.4 is 19.7 Å². The third-order valence-electron chi connectivity index (χ3n) is 6.58. The first kappa shape index (κ1) is 22.5. The van der Waals surface area contributed by atoms with Crippen LogP contribution in [0.5, 0.6) is 11.5 Å². The molecule has 35 heavy (non-hydrogen) atoms. The minimum atomic E-state index is -0.680. The van der Waals surface area contributed by atoms with Crippen LogP contribution in [0.15, 0.2) is 54.7 Å². The minimum absolute atomic E-state index is 0.0967. The molecule has 2 aliphatic heterocycles. The molecular weight excluding hydrogens is 448 g/mol. The number of amides is 3. The molecule has 2 aromatic carbocycles. The number of anilines is 1. The van der Waals surface area contributed by atoms with Crippen molar-refractivity contribution in [2.24, 2.45) is 7.05 Å². The summed E-state index contributed by atoms with van der Waals surface area (Å²) in [5, 5.41) is 2.91. The lowest BCUT2D eigenvalue weighted by molar-refractivity contribution is -0.121. The van der Waals surface area contributed by atoms with Gasteiger partial charge in [0, 0.05) is 37.5 Å². The Hall–Kier alpha value is -4.27.